The SMILES string of the molecule is NC(=O)N1NOC=C1CO. The molecule has 0 aliphatic carbocycles. The molecule has 1 rings (SSSR count). The van der Waals surface area contributed by atoms with E-state index in [-0.39, 0.29) is 12.3 Å². The topological polar surface area (TPSA) is 87.8 Å². The summed E-state index contributed by atoms with van der Waals surface area (Å²) in [5.74, 6) is 0. The summed E-state index contributed by atoms with van der Waals surface area (Å²) in [5.41, 5.74) is 7.30. The van der Waals surface area contributed by atoms with Crippen molar-refractivity contribution in [3.8, 4) is 0 Å². The average Bonchev–Trinajstić information content (AvgIpc) is 2.33. The van der Waals surface area contributed by atoms with Gasteiger partial charge in [-0.15, -0.1) is 0 Å². The van der Waals surface area contributed by atoms with Gasteiger partial charge in [0.1, 0.15) is 12.0 Å². The number of aliphatic hydroxyl groups excluding tert-OH is 1. The van der Waals surface area contributed by atoms with Crippen molar-refractivity contribution in [2.45, 2.75) is 0 Å². The fourth-order valence-corrected chi connectivity index (χ4v) is 0.553. The molecule has 0 aromatic rings. The molecule has 0 atom stereocenters. The lowest BCUT2D eigenvalue weighted by Crippen LogP contribution is -2.41. The maximum absolute atomic E-state index is 10.4. The number of aliphatic hydroxyl groups is 1. The van der Waals surface area contributed by atoms with Crippen LogP contribution in [0, 0.1) is 0 Å². The number of urea groups is 1. The van der Waals surface area contributed by atoms with Crippen LogP contribution >= 0.6 is 0 Å². The molecule has 0 saturated heterocycles. The van der Waals surface area contributed by atoms with Crippen molar-refractivity contribution in [3.63, 3.8) is 0 Å². The molecule has 10 heavy (non-hydrogen) atoms. The van der Waals surface area contributed by atoms with Crippen LogP contribution in [0.3, 0.4) is 0 Å². The lowest BCUT2D eigenvalue weighted by molar-refractivity contribution is 0.0525. The van der Waals surface area contributed by atoms with Crippen molar-refractivity contribution in [2.24, 2.45) is 5.73 Å². The molecule has 4 N–H and O–H groups in total. The summed E-state index contributed by atoms with van der Waals surface area (Å²) in [4.78, 5) is 14.9. The number of primary amides is 1. The van der Waals surface area contributed by atoms with E-state index >= 15 is 0 Å². The summed E-state index contributed by atoms with van der Waals surface area (Å²) in [6.07, 6.45) is 1.20. The van der Waals surface area contributed by atoms with Gasteiger partial charge >= 0.3 is 6.03 Å². The van der Waals surface area contributed by atoms with E-state index in [0.717, 1.165) is 5.01 Å². The molecule has 2 amide bonds. The third-order valence-electron chi connectivity index (χ3n) is 1.01. The summed E-state index contributed by atoms with van der Waals surface area (Å²) >= 11 is 0. The minimum Gasteiger partial charge on any atom is -0.394 e. The van der Waals surface area contributed by atoms with Gasteiger partial charge in [0.2, 0.25) is 0 Å². The zero-order chi connectivity index (χ0) is 7.56. The molecule has 0 fully saturated rings. The number of carbonyl (C=O) groups is 1. The maximum Gasteiger partial charge on any atom is 0.336 e. The van der Waals surface area contributed by atoms with Crippen LogP contribution < -0.4 is 11.3 Å². The van der Waals surface area contributed by atoms with Gasteiger partial charge in [0.05, 0.1) is 6.61 Å². The predicted molar refractivity (Wildman–Crippen MR) is 30.8 cm³/mol. The Labute approximate surface area is 56.8 Å². The van der Waals surface area contributed by atoms with Crippen LogP contribution in [0.15, 0.2) is 12.0 Å². The minimum absolute atomic E-state index is 0.285. The van der Waals surface area contributed by atoms with Crippen molar-refractivity contribution in [3.05, 3.63) is 12.0 Å². The van der Waals surface area contributed by atoms with Gasteiger partial charge in [0, 0.05) is 0 Å². The Hall–Kier alpha value is -1.27. The highest BCUT2D eigenvalue weighted by Crippen LogP contribution is 2.05. The van der Waals surface area contributed by atoms with E-state index in [4.69, 9.17) is 10.8 Å². The molecule has 1 aliphatic rings. The van der Waals surface area contributed by atoms with Gasteiger partial charge in [-0.05, 0) is 0 Å². The van der Waals surface area contributed by atoms with Gasteiger partial charge in [-0.3, -0.25) is 0 Å². The minimum atomic E-state index is -0.724. The van der Waals surface area contributed by atoms with Crippen LogP contribution in [0.4, 0.5) is 4.79 Å². The normalized spacial score (nSPS) is 16.5. The molecule has 56 valence electrons. The molecule has 0 bridgehead atoms. The van der Waals surface area contributed by atoms with E-state index < -0.39 is 6.03 Å². The molecule has 0 aromatic heterocycles. The lowest BCUT2D eigenvalue weighted by atomic mass is 10.5. The highest BCUT2D eigenvalue weighted by molar-refractivity contribution is 5.73. The summed E-state index contributed by atoms with van der Waals surface area (Å²) in [6, 6.07) is -0.724. The molecule has 1 heterocycles. The molecule has 1 aliphatic heterocycles. The Morgan fingerprint density at radius 3 is 3.10 bits per heavy atom. The highest BCUT2D eigenvalue weighted by atomic mass is 16.7. The van der Waals surface area contributed by atoms with E-state index in [1.807, 2.05) is 0 Å². The molecule has 0 spiro atoms. The summed E-state index contributed by atoms with van der Waals surface area (Å²) in [7, 11) is 0. The first-order valence-electron chi connectivity index (χ1n) is 2.56. The molecular weight excluding hydrogens is 138 g/mol. The quantitative estimate of drug-likeness (QED) is 0.425. The number of rotatable bonds is 1. The first-order chi connectivity index (χ1) is 4.75. The van der Waals surface area contributed by atoms with E-state index in [1.165, 1.54) is 6.26 Å². The van der Waals surface area contributed by atoms with Gasteiger partial charge < -0.3 is 15.7 Å². The Morgan fingerprint density at radius 2 is 2.70 bits per heavy atom. The molecular formula is C4H7N3O3. The van der Waals surface area contributed by atoms with Gasteiger partial charge in [0.15, 0.2) is 0 Å². The van der Waals surface area contributed by atoms with Gasteiger partial charge in [-0.1, -0.05) is 5.59 Å². The van der Waals surface area contributed by atoms with Crippen molar-refractivity contribution in [2.75, 3.05) is 6.61 Å². The second-order valence-corrected chi connectivity index (χ2v) is 1.65. The number of hydrogen-bond acceptors (Lipinski definition) is 4. The largest absolute Gasteiger partial charge is 0.394 e. The van der Waals surface area contributed by atoms with Crippen LogP contribution in [0.25, 0.3) is 0 Å². The fourth-order valence-electron chi connectivity index (χ4n) is 0.553. The monoisotopic (exact) mass is 145 g/mol. The second-order valence-electron chi connectivity index (χ2n) is 1.65. The second kappa shape index (κ2) is 2.54. The zero-order valence-corrected chi connectivity index (χ0v) is 5.07. The smallest absolute Gasteiger partial charge is 0.336 e. The Balaban J connectivity index is 2.63. The van der Waals surface area contributed by atoms with Crippen LogP contribution in [-0.4, -0.2) is 22.8 Å². The molecule has 0 radical (unpaired) electrons. The van der Waals surface area contributed by atoms with Crippen LogP contribution in [0.5, 0.6) is 0 Å². The average molecular weight is 145 g/mol. The fraction of sp³-hybridized carbons (Fsp3) is 0.250. The Morgan fingerprint density at radius 1 is 2.00 bits per heavy atom. The molecule has 0 saturated carbocycles. The number of nitrogens with zero attached hydrogens (tertiary/aromatic N) is 1. The molecule has 6 nitrogen and oxygen atoms in total. The van der Waals surface area contributed by atoms with E-state index in [0.29, 0.717) is 0 Å². The third kappa shape index (κ3) is 1.02. The number of nitrogens with two attached hydrogens (primary N) is 1. The van der Waals surface area contributed by atoms with Crippen LogP contribution in [0.1, 0.15) is 0 Å². The zero-order valence-electron chi connectivity index (χ0n) is 5.07. The first kappa shape index (κ1) is 6.84. The number of amides is 2. The van der Waals surface area contributed by atoms with E-state index in [9.17, 15) is 4.79 Å². The summed E-state index contributed by atoms with van der Waals surface area (Å²) in [6.45, 7) is -0.296. The van der Waals surface area contributed by atoms with E-state index in [1.54, 1.807) is 0 Å². The third-order valence-corrected chi connectivity index (χ3v) is 1.01. The van der Waals surface area contributed by atoms with Gasteiger partial charge in [0.25, 0.3) is 0 Å². The van der Waals surface area contributed by atoms with Crippen molar-refractivity contribution < 1.29 is 14.7 Å². The number of carbonyl (C=O) groups excluding carboxylic acids is 1. The van der Waals surface area contributed by atoms with Crippen molar-refractivity contribution in [1.82, 2.24) is 10.6 Å². The van der Waals surface area contributed by atoms with Crippen molar-refractivity contribution >= 4 is 6.03 Å². The molecule has 6 heteroatoms. The lowest BCUT2D eigenvalue weighted by Gasteiger charge is -2.11. The van der Waals surface area contributed by atoms with Gasteiger partial charge in [-0.25, -0.2) is 4.79 Å². The van der Waals surface area contributed by atoms with Gasteiger partial charge in [-0.2, -0.15) is 5.01 Å². The van der Waals surface area contributed by atoms with E-state index in [2.05, 4.69) is 10.4 Å². The summed E-state index contributed by atoms with van der Waals surface area (Å²) in [5, 5.41) is 9.45. The first-order valence-corrected chi connectivity index (χ1v) is 2.56. The molecule has 0 unspecified atom stereocenters. The number of nitrogens with one attached hydrogen (secondary N) is 1. The Kier molecular flexibility index (Phi) is 1.74. The standard InChI is InChI=1S/C4H7N3O3/c5-4(9)7-3(1-8)2-10-6-7/h2,6,8H,1H2,(H2,5,9). The number of hydrazine groups is 1. The number of hydrogen-bond donors (Lipinski definition) is 3. The Bertz CT molecular complexity index is 179. The predicted octanol–water partition coefficient (Wildman–Crippen LogP) is -1.35. The van der Waals surface area contributed by atoms with Crippen LogP contribution in [0.2, 0.25) is 0 Å². The summed E-state index contributed by atoms with van der Waals surface area (Å²) < 4.78 is 0. The van der Waals surface area contributed by atoms with Crippen molar-refractivity contribution in [1.29, 1.82) is 0 Å². The maximum atomic E-state index is 10.4. The highest BCUT2D eigenvalue weighted by Gasteiger charge is 2.19. The van der Waals surface area contributed by atoms with Crippen LogP contribution in [-0.2, 0) is 4.84 Å². The molecule has 0 aromatic carbocycles.